The van der Waals surface area contributed by atoms with E-state index in [2.05, 4.69) is 10.1 Å². The molecule has 1 heterocycles. The van der Waals surface area contributed by atoms with Crippen molar-refractivity contribution in [1.82, 2.24) is 9.78 Å². The number of amides is 1. The van der Waals surface area contributed by atoms with Crippen LogP contribution in [-0.4, -0.2) is 21.5 Å². The molecule has 0 spiro atoms. The first-order chi connectivity index (χ1) is 14.5. The van der Waals surface area contributed by atoms with Crippen molar-refractivity contribution < 1.29 is 9.59 Å². The summed E-state index contributed by atoms with van der Waals surface area (Å²) in [6, 6.07) is 23.0. The van der Waals surface area contributed by atoms with Crippen LogP contribution in [0.4, 0.5) is 0 Å². The molecule has 0 aliphatic heterocycles. The van der Waals surface area contributed by atoms with Crippen LogP contribution in [-0.2, 0) is 0 Å². The molecule has 0 fully saturated rings. The SMILES string of the molecule is Cc1ccc(C(=O)c2nn(-c3ccc(Cl)cc3)c(=NC(=O)c3ccccc3)s2)cc1. The van der Waals surface area contributed by atoms with Gasteiger partial charge in [0.25, 0.3) is 5.91 Å². The lowest BCUT2D eigenvalue weighted by molar-refractivity contribution is 0.0996. The highest BCUT2D eigenvalue weighted by Crippen LogP contribution is 2.16. The summed E-state index contributed by atoms with van der Waals surface area (Å²) < 4.78 is 1.49. The summed E-state index contributed by atoms with van der Waals surface area (Å²) in [6.45, 7) is 1.96. The van der Waals surface area contributed by atoms with Crippen LogP contribution in [0, 0.1) is 6.92 Å². The van der Waals surface area contributed by atoms with Crippen molar-refractivity contribution in [1.29, 1.82) is 0 Å². The van der Waals surface area contributed by atoms with E-state index in [1.54, 1.807) is 60.7 Å². The van der Waals surface area contributed by atoms with Gasteiger partial charge in [0.2, 0.25) is 10.6 Å². The summed E-state index contributed by atoms with van der Waals surface area (Å²) in [7, 11) is 0. The summed E-state index contributed by atoms with van der Waals surface area (Å²) in [5.74, 6) is -0.632. The van der Waals surface area contributed by atoms with Crippen molar-refractivity contribution >= 4 is 34.6 Å². The quantitative estimate of drug-likeness (QED) is 0.431. The van der Waals surface area contributed by atoms with Crippen LogP contribution in [0.3, 0.4) is 0 Å². The van der Waals surface area contributed by atoms with Gasteiger partial charge in [-0.05, 0) is 43.3 Å². The summed E-state index contributed by atoms with van der Waals surface area (Å²) in [6.07, 6.45) is 0. The van der Waals surface area contributed by atoms with E-state index < -0.39 is 5.91 Å². The number of nitrogens with zero attached hydrogens (tertiary/aromatic N) is 3. The maximum atomic E-state index is 13.0. The number of benzene rings is 3. The second-order valence-electron chi connectivity index (χ2n) is 6.56. The van der Waals surface area contributed by atoms with E-state index >= 15 is 0 Å². The minimum Gasteiger partial charge on any atom is -0.286 e. The maximum Gasteiger partial charge on any atom is 0.279 e. The molecule has 5 nitrogen and oxygen atoms in total. The largest absolute Gasteiger partial charge is 0.286 e. The Balaban J connectivity index is 1.82. The molecule has 1 amide bonds. The van der Waals surface area contributed by atoms with Gasteiger partial charge in [-0.1, -0.05) is 71.0 Å². The molecule has 0 saturated carbocycles. The molecule has 1 aromatic heterocycles. The number of carbonyl (C=O) groups excluding carboxylic acids is 2. The van der Waals surface area contributed by atoms with Crippen LogP contribution in [0.25, 0.3) is 5.69 Å². The Kier molecular flexibility index (Phi) is 5.70. The molecule has 4 aromatic rings. The van der Waals surface area contributed by atoms with E-state index in [0.717, 1.165) is 16.9 Å². The Morgan fingerprint density at radius 2 is 1.57 bits per heavy atom. The first-order valence-corrected chi connectivity index (χ1v) is 10.3. The molecule has 0 radical (unpaired) electrons. The fourth-order valence-corrected chi connectivity index (χ4v) is 3.75. The monoisotopic (exact) mass is 433 g/mol. The molecule has 0 aliphatic rings. The van der Waals surface area contributed by atoms with E-state index in [4.69, 9.17) is 11.6 Å². The molecular weight excluding hydrogens is 418 g/mol. The predicted molar refractivity (Wildman–Crippen MR) is 117 cm³/mol. The third kappa shape index (κ3) is 4.30. The van der Waals surface area contributed by atoms with Gasteiger partial charge >= 0.3 is 0 Å². The number of hydrogen-bond donors (Lipinski definition) is 0. The third-order valence-corrected chi connectivity index (χ3v) is 5.52. The van der Waals surface area contributed by atoms with Gasteiger partial charge in [0.1, 0.15) is 0 Å². The molecular formula is C23H16ClN3O2S. The zero-order valence-electron chi connectivity index (χ0n) is 15.9. The van der Waals surface area contributed by atoms with Gasteiger partial charge < -0.3 is 0 Å². The number of aryl methyl sites for hydroxylation is 1. The minimum atomic E-state index is -0.406. The zero-order chi connectivity index (χ0) is 21.1. The summed E-state index contributed by atoms with van der Waals surface area (Å²) in [4.78, 5) is 30.1. The van der Waals surface area contributed by atoms with Crippen molar-refractivity contribution in [3.05, 3.63) is 110 Å². The van der Waals surface area contributed by atoms with E-state index in [9.17, 15) is 9.59 Å². The second kappa shape index (κ2) is 8.57. The average molecular weight is 434 g/mol. The predicted octanol–water partition coefficient (Wildman–Crippen LogP) is 4.87. The number of halogens is 1. The molecule has 148 valence electrons. The summed E-state index contributed by atoms with van der Waals surface area (Å²) >= 11 is 7.06. The molecule has 4 rings (SSSR count). The number of carbonyl (C=O) groups is 2. The normalized spacial score (nSPS) is 11.5. The summed E-state index contributed by atoms with van der Waals surface area (Å²) in [5, 5.41) is 5.27. The Morgan fingerprint density at radius 1 is 0.900 bits per heavy atom. The average Bonchev–Trinajstić information content (AvgIpc) is 3.18. The van der Waals surface area contributed by atoms with Gasteiger partial charge in [-0.2, -0.15) is 10.1 Å². The Hall–Kier alpha value is -3.35. The van der Waals surface area contributed by atoms with Crippen LogP contribution in [0.5, 0.6) is 0 Å². The first kappa shape index (κ1) is 19.9. The Morgan fingerprint density at radius 3 is 2.23 bits per heavy atom. The van der Waals surface area contributed by atoms with E-state index in [0.29, 0.717) is 26.6 Å². The van der Waals surface area contributed by atoms with Crippen molar-refractivity contribution in [3.63, 3.8) is 0 Å². The lowest BCUT2D eigenvalue weighted by Crippen LogP contribution is -2.16. The highest BCUT2D eigenvalue weighted by molar-refractivity contribution is 7.11. The molecule has 0 saturated heterocycles. The van der Waals surface area contributed by atoms with Crippen LogP contribution >= 0.6 is 22.9 Å². The van der Waals surface area contributed by atoms with Gasteiger partial charge in [0, 0.05) is 16.1 Å². The van der Waals surface area contributed by atoms with Crippen molar-refractivity contribution in [2.75, 3.05) is 0 Å². The molecule has 0 aliphatic carbocycles. The van der Waals surface area contributed by atoms with Crippen molar-refractivity contribution in [2.45, 2.75) is 6.92 Å². The van der Waals surface area contributed by atoms with E-state index in [-0.39, 0.29) is 10.8 Å². The van der Waals surface area contributed by atoms with Gasteiger partial charge in [0.15, 0.2) is 5.01 Å². The highest BCUT2D eigenvalue weighted by Gasteiger charge is 2.17. The molecule has 7 heteroatoms. The van der Waals surface area contributed by atoms with Crippen LogP contribution in [0.1, 0.15) is 31.3 Å². The second-order valence-corrected chi connectivity index (χ2v) is 7.95. The highest BCUT2D eigenvalue weighted by atomic mass is 35.5. The fraction of sp³-hybridized carbons (Fsp3) is 0.0435. The Bertz CT molecular complexity index is 1270. The molecule has 0 bridgehead atoms. The van der Waals surface area contributed by atoms with Crippen molar-refractivity contribution in [2.24, 2.45) is 4.99 Å². The maximum absolute atomic E-state index is 13.0. The topological polar surface area (TPSA) is 64.3 Å². The lowest BCUT2D eigenvalue weighted by atomic mass is 10.1. The number of aromatic nitrogens is 2. The number of rotatable bonds is 4. The van der Waals surface area contributed by atoms with Gasteiger partial charge in [-0.15, -0.1) is 0 Å². The first-order valence-electron chi connectivity index (χ1n) is 9.13. The summed E-state index contributed by atoms with van der Waals surface area (Å²) in [5.41, 5.74) is 2.70. The van der Waals surface area contributed by atoms with E-state index in [1.807, 2.05) is 25.1 Å². The Labute approximate surface area is 181 Å². The van der Waals surface area contributed by atoms with Gasteiger partial charge in [0.05, 0.1) is 5.69 Å². The zero-order valence-corrected chi connectivity index (χ0v) is 17.5. The molecule has 0 atom stereocenters. The van der Waals surface area contributed by atoms with Crippen LogP contribution < -0.4 is 4.80 Å². The molecule has 30 heavy (non-hydrogen) atoms. The van der Waals surface area contributed by atoms with Crippen LogP contribution in [0.2, 0.25) is 5.02 Å². The fourth-order valence-electron chi connectivity index (χ4n) is 2.76. The van der Waals surface area contributed by atoms with Crippen LogP contribution in [0.15, 0.2) is 83.9 Å². The molecule has 0 N–H and O–H groups in total. The smallest absolute Gasteiger partial charge is 0.279 e. The van der Waals surface area contributed by atoms with Gasteiger partial charge in [-0.25, -0.2) is 4.68 Å². The number of ketones is 1. The third-order valence-electron chi connectivity index (χ3n) is 4.36. The standard InChI is InChI=1S/C23H16ClN3O2S/c1-15-7-9-16(10-8-15)20(28)22-26-27(19-13-11-18(24)12-14-19)23(30-22)25-21(29)17-5-3-2-4-6-17/h2-14H,1H3. The minimum absolute atomic E-state index is 0.226. The van der Waals surface area contributed by atoms with Crippen molar-refractivity contribution in [3.8, 4) is 5.69 Å². The molecule has 0 unspecified atom stereocenters. The van der Waals surface area contributed by atoms with E-state index in [1.165, 1.54) is 4.68 Å². The lowest BCUT2D eigenvalue weighted by Gasteiger charge is -2.01. The molecule has 3 aromatic carbocycles. The van der Waals surface area contributed by atoms with Gasteiger partial charge in [-0.3, -0.25) is 9.59 Å². The number of hydrogen-bond acceptors (Lipinski definition) is 4.